The van der Waals surface area contributed by atoms with Crippen LogP contribution in [0.25, 0.3) is 0 Å². The molecule has 5 nitrogen and oxygen atoms in total. The van der Waals surface area contributed by atoms with E-state index in [0.717, 1.165) is 11.1 Å². The molecule has 0 radical (unpaired) electrons. The summed E-state index contributed by atoms with van der Waals surface area (Å²) < 4.78 is 28.6. The van der Waals surface area contributed by atoms with E-state index in [9.17, 15) is 13.2 Å². The molecule has 32 heavy (non-hydrogen) atoms. The highest BCUT2D eigenvalue weighted by Crippen LogP contribution is 2.26. The van der Waals surface area contributed by atoms with Crippen molar-refractivity contribution in [2.75, 3.05) is 18.4 Å². The Labute approximate surface area is 195 Å². The number of rotatable bonds is 8. The summed E-state index contributed by atoms with van der Waals surface area (Å²) in [5, 5.41) is 3.12. The Morgan fingerprint density at radius 2 is 1.53 bits per heavy atom. The SMILES string of the molecule is Cc1cc(C)c(S(=O)(=O)N(CCc2ccccc2)CC(=O)Nc2ccccc2Cl)c(C)c1. The summed E-state index contributed by atoms with van der Waals surface area (Å²) in [7, 11) is -3.91. The van der Waals surface area contributed by atoms with Crippen molar-refractivity contribution in [2.24, 2.45) is 0 Å². The van der Waals surface area contributed by atoms with E-state index < -0.39 is 15.9 Å². The number of carbonyl (C=O) groups excluding carboxylic acids is 1. The van der Waals surface area contributed by atoms with E-state index in [-0.39, 0.29) is 18.0 Å². The zero-order valence-corrected chi connectivity index (χ0v) is 20.0. The average molecular weight is 471 g/mol. The number of sulfonamides is 1. The molecule has 3 rings (SSSR count). The van der Waals surface area contributed by atoms with Gasteiger partial charge in [0.15, 0.2) is 0 Å². The zero-order valence-electron chi connectivity index (χ0n) is 18.4. The van der Waals surface area contributed by atoms with Gasteiger partial charge < -0.3 is 5.32 Å². The highest BCUT2D eigenvalue weighted by molar-refractivity contribution is 7.89. The van der Waals surface area contributed by atoms with Crippen LogP contribution in [0, 0.1) is 20.8 Å². The fourth-order valence-corrected chi connectivity index (χ4v) is 5.79. The summed E-state index contributed by atoms with van der Waals surface area (Å²) in [6.07, 6.45) is 0.489. The lowest BCUT2D eigenvalue weighted by Gasteiger charge is -2.24. The first-order chi connectivity index (χ1) is 15.2. The molecule has 0 aromatic heterocycles. The molecule has 168 valence electrons. The van der Waals surface area contributed by atoms with Gasteiger partial charge in [0.05, 0.1) is 22.2 Å². The van der Waals surface area contributed by atoms with Crippen molar-refractivity contribution in [3.63, 3.8) is 0 Å². The minimum Gasteiger partial charge on any atom is -0.324 e. The molecule has 0 aliphatic carbocycles. The lowest BCUT2D eigenvalue weighted by Crippen LogP contribution is -2.40. The lowest BCUT2D eigenvalue weighted by molar-refractivity contribution is -0.116. The third kappa shape index (κ3) is 5.76. The fraction of sp³-hybridized carbons (Fsp3) is 0.240. The molecule has 0 aliphatic heterocycles. The standard InChI is InChI=1S/C25H27ClN2O3S/c1-18-15-19(2)25(20(3)16-18)32(30,31)28(14-13-21-9-5-4-6-10-21)17-24(29)27-23-12-8-7-11-22(23)26/h4-12,15-16H,13-14,17H2,1-3H3,(H,27,29). The van der Waals surface area contributed by atoms with Crippen LogP contribution < -0.4 is 5.32 Å². The van der Waals surface area contributed by atoms with E-state index in [1.807, 2.05) is 49.4 Å². The van der Waals surface area contributed by atoms with Gasteiger partial charge in [-0.1, -0.05) is 71.8 Å². The van der Waals surface area contributed by atoms with Gasteiger partial charge in [-0.3, -0.25) is 4.79 Å². The number of anilines is 1. The van der Waals surface area contributed by atoms with Gasteiger partial charge in [0.1, 0.15) is 0 Å². The molecule has 0 fully saturated rings. The van der Waals surface area contributed by atoms with Crippen molar-refractivity contribution in [2.45, 2.75) is 32.1 Å². The van der Waals surface area contributed by atoms with E-state index in [0.29, 0.717) is 28.3 Å². The first kappa shape index (κ1) is 24.0. The van der Waals surface area contributed by atoms with E-state index >= 15 is 0 Å². The van der Waals surface area contributed by atoms with Crippen LogP contribution in [-0.2, 0) is 21.2 Å². The highest BCUT2D eigenvalue weighted by atomic mass is 35.5. The van der Waals surface area contributed by atoms with Crippen molar-refractivity contribution in [3.05, 3.63) is 94.0 Å². The number of halogens is 1. The molecular weight excluding hydrogens is 444 g/mol. The quantitative estimate of drug-likeness (QED) is 0.495. The second-order valence-electron chi connectivity index (χ2n) is 7.83. The first-order valence-electron chi connectivity index (χ1n) is 10.3. The Morgan fingerprint density at radius 1 is 0.938 bits per heavy atom. The Hall–Kier alpha value is -2.67. The Balaban J connectivity index is 1.91. The monoisotopic (exact) mass is 470 g/mol. The third-order valence-electron chi connectivity index (χ3n) is 5.16. The number of nitrogens with one attached hydrogen (secondary N) is 1. The molecule has 0 spiro atoms. The number of nitrogens with zero attached hydrogens (tertiary/aromatic N) is 1. The van der Waals surface area contributed by atoms with Crippen LogP contribution in [0.4, 0.5) is 5.69 Å². The maximum Gasteiger partial charge on any atom is 0.244 e. The smallest absolute Gasteiger partial charge is 0.244 e. The normalized spacial score (nSPS) is 11.5. The number of benzene rings is 3. The highest BCUT2D eigenvalue weighted by Gasteiger charge is 2.29. The summed E-state index contributed by atoms with van der Waals surface area (Å²) in [6, 6.07) is 20.2. The van der Waals surface area contributed by atoms with Gasteiger partial charge in [0.25, 0.3) is 0 Å². The van der Waals surface area contributed by atoms with Crippen molar-refractivity contribution >= 4 is 33.2 Å². The average Bonchev–Trinajstić information content (AvgIpc) is 2.72. The number of hydrogen-bond acceptors (Lipinski definition) is 3. The molecule has 0 unspecified atom stereocenters. The molecule has 7 heteroatoms. The van der Waals surface area contributed by atoms with Crippen LogP contribution in [-0.4, -0.2) is 31.7 Å². The second kappa shape index (κ2) is 10.3. The van der Waals surface area contributed by atoms with Gasteiger partial charge in [0.2, 0.25) is 15.9 Å². The molecular formula is C25H27ClN2O3S. The number of aryl methyl sites for hydroxylation is 3. The maximum absolute atomic E-state index is 13.7. The largest absolute Gasteiger partial charge is 0.324 e. The van der Waals surface area contributed by atoms with Crippen LogP contribution in [0.15, 0.2) is 71.6 Å². The van der Waals surface area contributed by atoms with E-state index in [1.165, 1.54) is 4.31 Å². The summed E-state index contributed by atoms with van der Waals surface area (Å²) in [6.45, 7) is 5.36. The van der Waals surface area contributed by atoms with Crippen molar-refractivity contribution in [3.8, 4) is 0 Å². The fourth-order valence-electron chi connectivity index (χ4n) is 3.80. The van der Waals surface area contributed by atoms with Gasteiger partial charge in [-0.15, -0.1) is 0 Å². The Morgan fingerprint density at radius 3 is 2.16 bits per heavy atom. The molecule has 3 aromatic rings. The molecule has 0 bridgehead atoms. The minimum absolute atomic E-state index is 0.176. The van der Waals surface area contributed by atoms with Crippen molar-refractivity contribution in [1.29, 1.82) is 0 Å². The van der Waals surface area contributed by atoms with Crippen LogP contribution in [0.2, 0.25) is 5.02 Å². The molecule has 0 atom stereocenters. The van der Waals surface area contributed by atoms with E-state index in [1.54, 1.807) is 38.1 Å². The van der Waals surface area contributed by atoms with Crippen molar-refractivity contribution < 1.29 is 13.2 Å². The van der Waals surface area contributed by atoms with Crippen LogP contribution in [0.5, 0.6) is 0 Å². The Bertz CT molecular complexity index is 1190. The van der Waals surface area contributed by atoms with Gasteiger partial charge >= 0.3 is 0 Å². The zero-order chi connectivity index (χ0) is 23.3. The lowest BCUT2D eigenvalue weighted by atomic mass is 10.1. The van der Waals surface area contributed by atoms with Gasteiger partial charge in [-0.25, -0.2) is 8.42 Å². The Kier molecular flexibility index (Phi) is 7.72. The molecule has 0 saturated carbocycles. The number of hydrogen-bond donors (Lipinski definition) is 1. The predicted molar refractivity (Wildman–Crippen MR) is 130 cm³/mol. The first-order valence-corrected chi connectivity index (χ1v) is 12.2. The van der Waals surface area contributed by atoms with Crippen LogP contribution in [0.3, 0.4) is 0 Å². The number of carbonyl (C=O) groups is 1. The molecule has 0 heterocycles. The summed E-state index contributed by atoms with van der Waals surface area (Å²) in [4.78, 5) is 13.1. The molecule has 1 amide bonds. The number of amides is 1. The second-order valence-corrected chi connectivity index (χ2v) is 10.1. The maximum atomic E-state index is 13.7. The topological polar surface area (TPSA) is 66.5 Å². The third-order valence-corrected chi connectivity index (χ3v) is 7.64. The van der Waals surface area contributed by atoms with Gasteiger partial charge in [-0.05, 0) is 56.0 Å². The van der Waals surface area contributed by atoms with Crippen LogP contribution in [0.1, 0.15) is 22.3 Å². The van der Waals surface area contributed by atoms with Gasteiger partial charge in [0, 0.05) is 6.54 Å². The molecule has 1 N–H and O–H groups in total. The van der Waals surface area contributed by atoms with E-state index in [2.05, 4.69) is 5.32 Å². The van der Waals surface area contributed by atoms with E-state index in [4.69, 9.17) is 11.6 Å². The van der Waals surface area contributed by atoms with Crippen molar-refractivity contribution in [1.82, 2.24) is 4.31 Å². The minimum atomic E-state index is -3.91. The number of para-hydroxylation sites is 1. The predicted octanol–water partition coefficient (Wildman–Crippen LogP) is 5.14. The van der Waals surface area contributed by atoms with Crippen LogP contribution >= 0.6 is 11.6 Å². The molecule has 3 aromatic carbocycles. The summed E-state index contributed by atoms with van der Waals surface area (Å²) in [5.74, 6) is -0.447. The molecule has 0 saturated heterocycles. The summed E-state index contributed by atoms with van der Waals surface area (Å²) >= 11 is 6.14. The van der Waals surface area contributed by atoms with Gasteiger partial charge in [-0.2, -0.15) is 4.31 Å². The molecule has 0 aliphatic rings. The summed E-state index contributed by atoms with van der Waals surface area (Å²) in [5.41, 5.74) is 3.77.